The molecule has 1 aliphatic heterocycles. The average molecular weight is 377 g/mol. The quantitative estimate of drug-likeness (QED) is 0.622. The molecular formula is C15H22Cl2N4O3. The van der Waals surface area contributed by atoms with Crippen LogP contribution >= 0.6 is 23.2 Å². The van der Waals surface area contributed by atoms with Crippen LogP contribution in [0, 0.1) is 0 Å². The molecule has 134 valence electrons. The van der Waals surface area contributed by atoms with Crippen molar-refractivity contribution in [2.24, 2.45) is 0 Å². The molecule has 0 radical (unpaired) electrons. The molecule has 1 aromatic rings. The highest BCUT2D eigenvalue weighted by molar-refractivity contribution is 6.32. The van der Waals surface area contributed by atoms with Crippen LogP contribution in [0.1, 0.15) is 33.6 Å². The molecule has 1 aliphatic rings. The summed E-state index contributed by atoms with van der Waals surface area (Å²) in [7, 11) is 0. The van der Waals surface area contributed by atoms with Crippen LogP contribution < -0.4 is 5.32 Å². The van der Waals surface area contributed by atoms with Gasteiger partial charge in [-0.3, -0.25) is 0 Å². The Morgan fingerprint density at radius 3 is 2.50 bits per heavy atom. The third kappa shape index (κ3) is 5.09. The molecule has 0 spiro atoms. The fourth-order valence-electron chi connectivity index (χ4n) is 2.49. The summed E-state index contributed by atoms with van der Waals surface area (Å²) in [4.78, 5) is 21.6. The summed E-state index contributed by atoms with van der Waals surface area (Å²) in [5.41, 5.74) is -1.13. The van der Waals surface area contributed by atoms with Crippen molar-refractivity contribution in [3.05, 3.63) is 16.5 Å². The predicted molar refractivity (Wildman–Crippen MR) is 92.5 cm³/mol. The van der Waals surface area contributed by atoms with Crippen molar-refractivity contribution in [3.63, 3.8) is 0 Å². The van der Waals surface area contributed by atoms with E-state index in [9.17, 15) is 9.90 Å². The van der Waals surface area contributed by atoms with Gasteiger partial charge in [0.15, 0.2) is 0 Å². The SMILES string of the molecule is CC(C)(C)OC(=O)N1CCC(CO)(Nc2cc(Cl)nc(Cl)n2)CC1. The third-order valence-electron chi connectivity index (χ3n) is 3.74. The maximum absolute atomic E-state index is 12.1. The first kappa shape index (κ1) is 19.0. The third-order valence-corrected chi connectivity index (χ3v) is 4.10. The molecule has 2 rings (SSSR count). The number of carbonyl (C=O) groups excluding carboxylic acids is 1. The van der Waals surface area contributed by atoms with Gasteiger partial charge in [-0.25, -0.2) is 14.8 Å². The molecule has 0 aromatic carbocycles. The summed E-state index contributed by atoms with van der Waals surface area (Å²) in [5, 5.41) is 13.3. The van der Waals surface area contributed by atoms with Gasteiger partial charge >= 0.3 is 6.09 Å². The average Bonchev–Trinajstić information content (AvgIpc) is 2.45. The van der Waals surface area contributed by atoms with E-state index in [0.29, 0.717) is 31.7 Å². The fraction of sp³-hybridized carbons (Fsp3) is 0.667. The summed E-state index contributed by atoms with van der Waals surface area (Å²) >= 11 is 11.7. The number of hydrogen-bond acceptors (Lipinski definition) is 6. The zero-order chi connectivity index (χ0) is 18.0. The first-order valence-electron chi connectivity index (χ1n) is 7.70. The standard InChI is InChI=1S/C15H22Cl2N4O3/c1-14(2,3)24-13(23)21-6-4-15(9-22,5-7-21)20-11-8-10(16)18-12(17)19-11/h8,22H,4-7,9H2,1-3H3,(H,18,19,20). The maximum Gasteiger partial charge on any atom is 0.410 e. The Hall–Kier alpha value is -1.31. The Balaban J connectivity index is 2.02. The van der Waals surface area contributed by atoms with Crippen LogP contribution in [0.3, 0.4) is 0 Å². The monoisotopic (exact) mass is 376 g/mol. The highest BCUT2D eigenvalue weighted by atomic mass is 35.5. The Morgan fingerprint density at radius 2 is 2.00 bits per heavy atom. The number of piperidine rings is 1. The minimum atomic E-state index is -0.598. The van der Waals surface area contributed by atoms with E-state index < -0.39 is 11.1 Å². The van der Waals surface area contributed by atoms with Crippen LogP contribution in [0.5, 0.6) is 0 Å². The number of ether oxygens (including phenoxy) is 1. The van der Waals surface area contributed by atoms with Gasteiger partial charge in [-0.05, 0) is 45.2 Å². The highest BCUT2D eigenvalue weighted by Gasteiger charge is 2.37. The lowest BCUT2D eigenvalue weighted by Crippen LogP contribution is -2.53. The van der Waals surface area contributed by atoms with E-state index in [4.69, 9.17) is 27.9 Å². The van der Waals surface area contributed by atoms with E-state index in [1.807, 2.05) is 20.8 Å². The molecule has 7 nitrogen and oxygen atoms in total. The molecule has 0 saturated carbocycles. The molecule has 2 heterocycles. The second-order valence-corrected chi connectivity index (χ2v) is 7.60. The first-order valence-corrected chi connectivity index (χ1v) is 8.45. The number of likely N-dealkylation sites (tertiary alicyclic amines) is 1. The van der Waals surface area contributed by atoms with Gasteiger partial charge in [-0.1, -0.05) is 11.6 Å². The normalized spacial score (nSPS) is 17.5. The Morgan fingerprint density at radius 1 is 1.38 bits per heavy atom. The van der Waals surface area contributed by atoms with Crippen molar-refractivity contribution < 1.29 is 14.6 Å². The van der Waals surface area contributed by atoms with E-state index in [-0.39, 0.29) is 23.1 Å². The Kier molecular flexibility index (Phi) is 5.78. The van der Waals surface area contributed by atoms with Gasteiger partial charge in [-0.2, -0.15) is 0 Å². The molecule has 0 unspecified atom stereocenters. The smallest absolute Gasteiger partial charge is 0.410 e. The van der Waals surface area contributed by atoms with Gasteiger partial charge in [0.1, 0.15) is 16.6 Å². The number of halogens is 2. The molecule has 24 heavy (non-hydrogen) atoms. The number of amides is 1. The van der Waals surface area contributed by atoms with Gasteiger partial charge < -0.3 is 20.1 Å². The van der Waals surface area contributed by atoms with Crippen LogP contribution in [0.15, 0.2) is 6.07 Å². The molecule has 0 atom stereocenters. The minimum absolute atomic E-state index is 0.0317. The summed E-state index contributed by atoms with van der Waals surface area (Å²) in [5.74, 6) is 0.444. The van der Waals surface area contributed by atoms with Crippen molar-refractivity contribution in [3.8, 4) is 0 Å². The molecule has 1 amide bonds. The van der Waals surface area contributed by atoms with Crippen LogP contribution in [0.2, 0.25) is 10.4 Å². The topological polar surface area (TPSA) is 87.6 Å². The number of aromatic nitrogens is 2. The molecule has 1 aromatic heterocycles. The number of nitrogens with one attached hydrogen (secondary N) is 1. The van der Waals surface area contributed by atoms with Crippen molar-refractivity contribution >= 4 is 35.1 Å². The van der Waals surface area contributed by atoms with Crippen LogP contribution in [-0.4, -0.2) is 56.9 Å². The lowest BCUT2D eigenvalue weighted by Gasteiger charge is -2.41. The van der Waals surface area contributed by atoms with Crippen LogP contribution in [0.25, 0.3) is 0 Å². The first-order chi connectivity index (χ1) is 11.1. The summed E-state index contributed by atoms with van der Waals surface area (Å²) in [6.07, 6.45) is 0.742. The fourth-order valence-corrected chi connectivity index (χ4v) is 2.90. The van der Waals surface area contributed by atoms with Crippen molar-refractivity contribution in [1.82, 2.24) is 14.9 Å². The summed E-state index contributed by atoms with van der Waals surface area (Å²) in [6, 6.07) is 1.55. The lowest BCUT2D eigenvalue weighted by molar-refractivity contribution is 0.0147. The van der Waals surface area contributed by atoms with E-state index in [1.165, 1.54) is 0 Å². The van der Waals surface area contributed by atoms with Gasteiger partial charge in [0, 0.05) is 19.2 Å². The van der Waals surface area contributed by atoms with Crippen LogP contribution in [-0.2, 0) is 4.74 Å². The maximum atomic E-state index is 12.1. The number of aliphatic hydroxyl groups excluding tert-OH is 1. The molecule has 2 N–H and O–H groups in total. The van der Waals surface area contributed by atoms with Gasteiger partial charge in [0.25, 0.3) is 0 Å². The Bertz CT molecular complexity index is 579. The van der Waals surface area contributed by atoms with E-state index >= 15 is 0 Å². The number of carbonyl (C=O) groups is 1. The van der Waals surface area contributed by atoms with Gasteiger partial charge in [-0.15, -0.1) is 0 Å². The number of aliphatic hydroxyl groups is 1. The zero-order valence-electron chi connectivity index (χ0n) is 14.0. The molecule has 9 heteroatoms. The summed E-state index contributed by atoms with van der Waals surface area (Å²) < 4.78 is 5.38. The van der Waals surface area contributed by atoms with E-state index in [0.717, 1.165) is 0 Å². The molecule has 0 aliphatic carbocycles. The van der Waals surface area contributed by atoms with Gasteiger partial charge in [0.05, 0.1) is 12.1 Å². The number of nitrogens with zero attached hydrogens (tertiary/aromatic N) is 3. The van der Waals surface area contributed by atoms with Crippen molar-refractivity contribution in [2.45, 2.75) is 44.8 Å². The number of hydrogen-bond donors (Lipinski definition) is 2. The Labute approximate surface area is 151 Å². The lowest BCUT2D eigenvalue weighted by atomic mass is 9.88. The highest BCUT2D eigenvalue weighted by Crippen LogP contribution is 2.28. The summed E-state index contributed by atoms with van der Waals surface area (Å²) in [6.45, 7) is 6.32. The van der Waals surface area contributed by atoms with Crippen LogP contribution in [0.4, 0.5) is 10.6 Å². The molecular weight excluding hydrogens is 355 g/mol. The molecule has 0 bridgehead atoms. The van der Waals surface area contributed by atoms with E-state index in [2.05, 4.69) is 15.3 Å². The second-order valence-electron chi connectivity index (χ2n) is 6.88. The van der Waals surface area contributed by atoms with Gasteiger partial charge in [0.2, 0.25) is 5.28 Å². The minimum Gasteiger partial charge on any atom is -0.444 e. The molecule has 1 saturated heterocycles. The second kappa shape index (κ2) is 7.29. The van der Waals surface area contributed by atoms with Crippen molar-refractivity contribution in [1.29, 1.82) is 0 Å². The zero-order valence-corrected chi connectivity index (χ0v) is 15.5. The number of rotatable bonds is 3. The molecule has 1 fully saturated rings. The predicted octanol–water partition coefficient (Wildman–Crippen LogP) is 2.96. The largest absolute Gasteiger partial charge is 0.444 e. The number of anilines is 1. The van der Waals surface area contributed by atoms with Crippen molar-refractivity contribution in [2.75, 3.05) is 25.0 Å². The van der Waals surface area contributed by atoms with E-state index in [1.54, 1.807) is 11.0 Å².